The van der Waals surface area contributed by atoms with E-state index in [2.05, 4.69) is 5.32 Å². The van der Waals surface area contributed by atoms with Crippen molar-refractivity contribution < 1.29 is 15.0 Å². The van der Waals surface area contributed by atoms with Crippen molar-refractivity contribution in [2.24, 2.45) is 0 Å². The first-order chi connectivity index (χ1) is 13.7. The molecule has 4 aromatic rings. The van der Waals surface area contributed by atoms with E-state index in [1.807, 2.05) is 60.7 Å². The van der Waals surface area contributed by atoms with Gasteiger partial charge in [-0.15, -0.1) is 0 Å². The van der Waals surface area contributed by atoms with Crippen LogP contribution >= 0.6 is 0 Å². The molecule has 0 saturated carbocycles. The molecule has 0 amide bonds. The molecule has 3 N–H and O–H groups in total. The van der Waals surface area contributed by atoms with Crippen LogP contribution < -0.4 is 10.2 Å². The fraction of sp³-hybridized carbons (Fsp3) is 0.0870. The van der Waals surface area contributed by atoms with Gasteiger partial charge in [0.25, 0.3) is 0 Å². The highest BCUT2D eigenvalue weighted by atomic mass is 16.3. The van der Waals surface area contributed by atoms with Gasteiger partial charge in [0.05, 0.1) is 11.1 Å². The van der Waals surface area contributed by atoms with Crippen molar-refractivity contribution in [2.45, 2.75) is 0 Å². The lowest BCUT2D eigenvalue weighted by Gasteiger charge is -2.23. The quantitative estimate of drug-likeness (QED) is 0.270. The highest BCUT2D eigenvalue weighted by Crippen LogP contribution is 2.45. The molecule has 140 valence electrons. The third-order valence-electron chi connectivity index (χ3n) is 4.96. The fourth-order valence-corrected chi connectivity index (χ4v) is 3.60. The molecule has 0 bridgehead atoms. The van der Waals surface area contributed by atoms with Crippen LogP contribution in [-0.2, 0) is 0 Å². The number of nitrogens with zero attached hydrogens (tertiary/aromatic N) is 1. The number of phenolic OH excluding ortho intramolecular Hbond substituents is 1. The molecule has 0 unspecified atom stereocenters. The number of hydrogen-bond acceptors (Lipinski definition) is 5. The van der Waals surface area contributed by atoms with Gasteiger partial charge in [-0.25, -0.2) is 0 Å². The largest absolute Gasteiger partial charge is 0.507 e. The van der Waals surface area contributed by atoms with Crippen molar-refractivity contribution in [1.82, 2.24) is 0 Å². The standard InChI is InChI=1S/C23H20N2O3/c1-25(14-27)20-12-11-19(24-15-7-3-2-4-8-15)22-21(20)18(13-26)16-9-5-6-10-17(16)23(22)28/h2-13,24,27-28H,14H2,1H3. The van der Waals surface area contributed by atoms with Gasteiger partial charge in [-0.1, -0.05) is 42.5 Å². The summed E-state index contributed by atoms with van der Waals surface area (Å²) in [6.45, 7) is -0.216. The number of aromatic hydroxyl groups is 1. The van der Waals surface area contributed by atoms with E-state index in [4.69, 9.17) is 0 Å². The Labute approximate surface area is 162 Å². The number of phenols is 1. The summed E-state index contributed by atoms with van der Waals surface area (Å²) in [4.78, 5) is 13.7. The zero-order chi connectivity index (χ0) is 19.7. The number of para-hydroxylation sites is 1. The predicted octanol–water partition coefficient (Wildman–Crippen LogP) is 4.64. The van der Waals surface area contributed by atoms with E-state index in [0.29, 0.717) is 38.5 Å². The minimum atomic E-state index is -0.216. The van der Waals surface area contributed by atoms with E-state index in [9.17, 15) is 15.0 Å². The number of aldehydes is 1. The molecule has 5 nitrogen and oxygen atoms in total. The second-order valence-electron chi connectivity index (χ2n) is 6.64. The number of aliphatic hydroxyl groups excluding tert-OH is 1. The number of nitrogens with one attached hydrogen (secondary N) is 1. The number of anilines is 3. The van der Waals surface area contributed by atoms with E-state index in [1.165, 1.54) is 0 Å². The minimum Gasteiger partial charge on any atom is -0.507 e. The Morgan fingerprint density at radius 2 is 1.61 bits per heavy atom. The molecule has 0 saturated heterocycles. The minimum absolute atomic E-state index is 0.0998. The van der Waals surface area contributed by atoms with Crippen LogP contribution in [0.2, 0.25) is 0 Å². The number of carbonyl (C=O) groups excluding carboxylic acids is 1. The lowest BCUT2D eigenvalue weighted by atomic mass is 9.93. The van der Waals surface area contributed by atoms with Crippen LogP contribution in [0.25, 0.3) is 21.5 Å². The van der Waals surface area contributed by atoms with Crippen molar-refractivity contribution in [2.75, 3.05) is 24.0 Å². The van der Waals surface area contributed by atoms with Gasteiger partial charge in [-0.3, -0.25) is 4.79 Å². The van der Waals surface area contributed by atoms with Crippen molar-refractivity contribution in [3.05, 3.63) is 72.3 Å². The normalized spacial score (nSPS) is 10.9. The van der Waals surface area contributed by atoms with Gasteiger partial charge in [-0.2, -0.15) is 0 Å². The van der Waals surface area contributed by atoms with E-state index in [0.717, 1.165) is 12.0 Å². The van der Waals surface area contributed by atoms with Crippen LogP contribution in [-0.4, -0.2) is 30.3 Å². The molecule has 4 rings (SSSR count). The van der Waals surface area contributed by atoms with Crippen LogP contribution in [0.5, 0.6) is 5.75 Å². The Morgan fingerprint density at radius 3 is 2.29 bits per heavy atom. The number of fused-ring (bicyclic) bond motifs is 2. The maximum atomic E-state index is 12.1. The maximum absolute atomic E-state index is 12.1. The van der Waals surface area contributed by atoms with Crippen molar-refractivity contribution in [3.8, 4) is 5.75 Å². The number of rotatable bonds is 5. The fourth-order valence-electron chi connectivity index (χ4n) is 3.60. The Hall–Kier alpha value is -3.57. The molecule has 0 aliphatic carbocycles. The van der Waals surface area contributed by atoms with Gasteiger partial charge in [-0.05, 0) is 29.7 Å². The zero-order valence-electron chi connectivity index (χ0n) is 15.4. The van der Waals surface area contributed by atoms with Crippen molar-refractivity contribution in [1.29, 1.82) is 0 Å². The van der Waals surface area contributed by atoms with E-state index in [-0.39, 0.29) is 12.5 Å². The first-order valence-electron chi connectivity index (χ1n) is 8.95. The average Bonchev–Trinajstić information content (AvgIpc) is 2.74. The smallest absolute Gasteiger partial charge is 0.151 e. The summed E-state index contributed by atoms with van der Waals surface area (Å²) in [6, 6.07) is 20.6. The third-order valence-corrected chi connectivity index (χ3v) is 4.96. The zero-order valence-corrected chi connectivity index (χ0v) is 15.4. The van der Waals surface area contributed by atoms with Crippen LogP contribution in [0, 0.1) is 0 Å². The van der Waals surface area contributed by atoms with E-state index >= 15 is 0 Å². The second kappa shape index (κ2) is 7.21. The molecular formula is C23H20N2O3. The molecule has 0 aromatic heterocycles. The van der Waals surface area contributed by atoms with Gasteiger partial charge in [0.15, 0.2) is 6.29 Å². The van der Waals surface area contributed by atoms with Crippen LogP contribution in [0.1, 0.15) is 10.4 Å². The van der Waals surface area contributed by atoms with E-state index in [1.54, 1.807) is 18.0 Å². The first kappa shape index (κ1) is 17.8. The topological polar surface area (TPSA) is 72.8 Å². The highest BCUT2D eigenvalue weighted by Gasteiger charge is 2.20. The van der Waals surface area contributed by atoms with Gasteiger partial charge < -0.3 is 20.4 Å². The number of benzene rings is 4. The third kappa shape index (κ3) is 2.82. The summed E-state index contributed by atoms with van der Waals surface area (Å²) >= 11 is 0. The Kier molecular flexibility index (Phi) is 4.59. The number of aliphatic hydroxyl groups is 1. The molecule has 5 heteroatoms. The molecule has 0 aliphatic rings. The Balaban J connectivity index is 2.13. The molecule has 0 heterocycles. The molecule has 0 radical (unpaired) electrons. The van der Waals surface area contributed by atoms with Crippen LogP contribution in [0.4, 0.5) is 17.1 Å². The molecule has 0 fully saturated rings. The summed E-state index contributed by atoms with van der Waals surface area (Å²) in [5, 5.41) is 26.5. The molecule has 0 atom stereocenters. The van der Waals surface area contributed by atoms with Gasteiger partial charge in [0.1, 0.15) is 12.5 Å². The second-order valence-corrected chi connectivity index (χ2v) is 6.64. The summed E-state index contributed by atoms with van der Waals surface area (Å²) in [6.07, 6.45) is 0.811. The highest BCUT2D eigenvalue weighted by molar-refractivity contribution is 6.22. The number of hydrogen-bond donors (Lipinski definition) is 3. The lowest BCUT2D eigenvalue weighted by molar-refractivity contribution is 0.112. The summed E-state index contributed by atoms with van der Waals surface area (Å²) in [7, 11) is 1.74. The molecular weight excluding hydrogens is 352 g/mol. The van der Waals surface area contributed by atoms with Crippen molar-refractivity contribution in [3.63, 3.8) is 0 Å². The Bertz CT molecular complexity index is 1170. The molecule has 4 aromatic carbocycles. The van der Waals surface area contributed by atoms with Gasteiger partial charge in [0.2, 0.25) is 0 Å². The monoisotopic (exact) mass is 372 g/mol. The maximum Gasteiger partial charge on any atom is 0.151 e. The van der Waals surface area contributed by atoms with Gasteiger partial charge in [0, 0.05) is 34.8 Å². The predicted molar refractivity (Wildman–Crippen MR) is 114 cm³/mol. The molecule has 0 spiro atoms. The van der Waals surface area contributed by atoms with Gasteiger partial charge >= 0.3 is 0 Å². The summed E-state index contributed by atoms with van der Waals surface area (Å²) < 4.78 is 0. The lowest BCUT2D eigenvalue weighted by Crippen LogP contribution is -2.18. The summed E-state index contributed by atoms with van der Waals surface area (Å²) in [5.41, 5.74) is 2.70. The Morgan fingerprint density at radius 1 is 0.929 bits per heavy atom. The van der Waals surface area contributed by atoms with Crippen LogP contribution in [0.3, 0.4) is 0 Å². The van der Waals surface area contributed by atoms with E-state index < -0.39 is 0 Å². The first-order valence-corrected chi connectivity index (χ1v) is 8.95. The average molecular weight is 372 g/mol. The molecule has 28 heavy (non-hydrogen) atoms. The SMILES string of the molecule is CN(CO)c1ccc(Nc2ccccc2)c2c(O)c3ccccc3c(C=O)c12. The summed E-state index contributed by atoms with van der Waals surface area (Å²) in [5.74, 6) is 0.0998. The molecule has 0 aliphatic heterocycles. The number of carbonyl (C=O) groups is 1. The van der Waals surface area contributed by atoms with Crippen molar-refractivity contribution >= 4 is 44.9 Å². The van der Waals surface area contributed by atoms with Crippen LogP contribution in [0.15, 0.2) is 66.7 Å².